The van der Waals surface area contributed by atoms with E-state index in [0.29, 0.717) is 41.5 Å². The predicted molar refractivity (Wildman–Crippen MR) is 236 cm³/mol. The number of ether oxygens (including phenoxy) is 2. The van der Waals surface area contributed by atoms with Crippen LogP contribution in [0.1, 0.15) is 109 Å². The standard InChI is InChI=1S/C33H35ClN4O4.C12H23NO.C2H6/c1-19-13-14-22-17-28(36-32(42-6)29(19)22)25-11-7-10-24(30(25)34)23-9-8-12-27(20(23)2)35-31(39)26-18-38(15-16-41-5)21(3)37(4)33(26)40;1-4-10(3)6-8-12(5-2)9-7-11(14)13-12;1-2/h7-12,17-19H,3,13-16H2,1-2,4-6H3,(H,35,39);10H,4-9H2,1-3H3,(H,13,14);1-2H3. The Kier molecular flexibility index (Phi) is 16.5. The number of anilines is 1. The van der Waals surface area contributed by atoms with Crippen molar-refractivity contribution in [1.82, 2.24) is 20.1 Å². The maximum atomic E-state index is 13.4. The number of fused-ring (bicyclic) bond motifs is 1. The zero-order valence-corrected chi connectivity index (χ0v) is 37.1. The highest BCUT2D eigenvalue weighted by Crippen LogP contribution is 2.43. The molecule has 10 nitrogen and oxygen atoms in total. The fraction of sp³-hybridized carbons (Fsp3) is 0.489. The molecular formula is C47H64ClN5O5. The summed E-state index contributed by atoms with van der Waals surface area (Å²) in [6.07, 6.45) is 10.1. The fourth-order valence-corrected chi connectivity index (χ4v) is 8.09. The number of rotatable bonds is 13. The highest BCUT2D eigenvalue weighted by molar-refractivity contribution is 6.36. The lowest BCUT2D eigenvalue weighted by molar-refractivity contribution is -0.128. The van der Waals surface area contributed by atoms with E-state index in [1.54, 1.807) is 26.2 Å². The van der Waals surface area contributed by atoms with E-state index in [1.807, 2.05) is 57.2 Å². The van der Waals surface area contributed by atoms with Gasteiger partial charge in [0.15, 0.2) is 0 Å². The Morgan fingerprint density at radius 1 is 1.10 bits per heavy atom. The lowest BCUT2D eigenvalue weighted by Crippen LogP contribution is -2.43. The van der Waals surface area contributed by atoms with Gasteiger partial charge in [-0.1, -0.05) is 96.5 Å². The first kappa shape index (κ1) is 46.0. The number of nitrogens with one attached hydrogen (secondary N) is 2. The molecule has 1 aliphatic carbocycles. The molecule has 1 saturated heterocycles. The molecule has 0 saturated carbocycles. The number of carbonyl (C=O) groups excluding carboxylic acids is 3. The second-order valence-electron chi connectivity index (χ2n) is 15.4. The third-order valence-corrected chi connectivity index (χ3v) is 12.2. The molecule has 0 bridgehead atoms. The average Bonchev–Trinajstić information content (AvgIpc) is 3.81. The van der Waals surface area contributed by atoms with Crippen LogP contribution in [0.5, 0.6) is 5.88 Å². The first-order chi connectivity index (χ1) is 27.8. The van der Waals surface area contributed by atoms with E-state index in [0.717, 1.165) is 72.4 Å². The number of likely N-dealkylation sites (N-methyl/N-ethyl adjacent to an activating group) is 1. The summed E-state index contributed by atoms with van der Waals surface area (Å²) in [5.74, 6) is 1.63. The third kappa shape index (κ3) is 10.3. The van der Waals surface area contributed by atoms with E-state index in [2.05, 4.69) is 51.0 Å². The Morgan fingerprint density at radius 3 is 2.43 bits per heavy atom. The number of pyridine rings is 1. The van der Waals surface area contributed by atoms with Crippen LogP contribution in [0.25, 0.3) is 22.4 Å². The van der Waals surface area contributed by atoms with E-state index in [4.69, 9.17) is 26.1 Å². The molecule has 3 heterocycles. The minimum absolute atomic E-state index is 0.0109. The lowest BCUT2D eigenvalue weighted by atomic mass is 9.85. The number of halogens is 1. The van der Waals surface area contributed by atoms with Crippen LogP contribution in [-0.2, 0) is 25.5 Å². The summed E-state index contributed by atoms with van der Waals surface area (Å²) in [5.41, 5.74) is 7.21. The average molecular weight is 815 g/mol. The third-order valence-electron chi connectivity index (χ3n) is 11.8. The normalized spacial score (nSPS) is 19.0. The minimum Gasteiger partial charge on any atom is -0.481 e. The van der Waals surface area contributed by atoms with Gasteiger partial charge < -0.3 is 25.0 Å². The van der Waals surface area contributed by atoms with Crippen molar-refractivity contribution in [2.45, 2.75) is 111 Å². The van der Waals surface area contributed by atoms with E-state index in [9.17, 15) is 14.4 Å². The molecule has 2 N–H and O–H groups in total. The van der Waals surface area contributed by atoms with Crippen LogP contribution >= 0.6 is 11.6 Å². The molecule has 6 rings (SSSR count). The van der Waals surface area contributed by atoms with Crippen LogP contribution in [0.3, 0.4) is 0 Å². The maximum Gasteiger partial charge on any atom is 0.266 e. The number of methoxy groups -OCH3 is 2. The van der Waals surface area contributed by atoms with Gasteiger partial charge in [-0.2, -0.15) is 0 Å². The molecule has 2 aliphatic heterocycles. The van der Waals surface area contributed by atoms with E-state index >= 15 is 0 Å². The van der Waals surface area contributed by atoms with Crippen LogP contribution in [0.15, 0.2) is 66.6 Å². The summed E-state index contributed by atoms with van der Waals surface area (Å²) in [5, 5.41) is 6.65. The summed E-state index contributed by atoms with van der Waals surface area (Å²) >= 11 is 7.06. The summed E-state index contributed by atoms with van der Waals surface area (Å²) in [7, 11) is 4.84. The van der Waals surface area contributed by atoms with Gasteiger partial charge in [0.2, 0.25) is 11.8 Å². The van der Waals surface area contributed by atoms with Crippen molar-refractivity contribution < 1.29 is 23.9 Å². The molecule has 3 aromatic rings. The number of hydrogen-bond acceptors (Lipinski definition) is 7. The van der Waals surface area contributed by atoms with Crippen LogP contribution in [0.4, 0.5) is 5.69 Å². The highest BCUT2D eigenvalue weighted by Gasteiger charge is 2.36. The van der Waals surface area contributed by atoms with Crippen LogP contribution in [-0.4, -0.2) is 72.5 Å². The maximum absolute atomic E-state index is 13.4. The van der Waals surface area contributed by atoms with Gasteiger partial charge >= 0.3 is 0 Å². The zero-order chi connectivity index (χ0) is 42.7. The number of nitrogens with zero attached hydrogens (tertiary/aromatic N) is 3. The van der Waals surface area contributed by atoms with Gasteiger partial charge in [0.05, 0.1) is 24.4 Å². The Morgan fingerprint density at radius 2 is 1.79 bits per heavy atom. The van der Waals surface area contributed by atoms with Crippen molar-refractivity contribution in [3.05, 3.63) is 88.4 Å². The van der Waals surface area contributed by atoms with Crippen LogP contribution in [0.2, 0.25) is 5.02 Å². The largest absolute Gasteiger partial charge is 0.481 e. The Hall–Kier alpha value is -4.67. The summed E-state index contributed by atoms with van der Waals surface area (Å²) in [6.45, 7) is 19.7. The number of hydrogen-bond donors (Lipinski definition) is 2. The first-order valence-electron chi connectivity index (χ1n) is 20.8. The molecule has 0 radical (unpaired) electrons. The lowest BCUT2D eigenvalue weighted by Gasteiger charge is -2.34. The van der Waals surface area contributed by atoms with Crippen LogP contribution in [0, 0.1) is 12.8 Å². The first-order valence-corrected chi connectivity index (χ1v) is 21.2. The molecular weight excluding hydrogens is 750 g/mol. The molecule has 0 spiro atoms. The molecule has 3 atom stereocenters. The second kappa shape index (κ2) is 20.8. The van der Waals surface area contributed by atoms with Gasteiger partial charge in [0, 0.05) is 61.2 Å². The summed E-state index contributed by atoms with van der Waals surface area (Å²) in [6, 6.07) is 13.6. The van der Waals surface area contributed by atoms with Crippen LogP contribution < -0.4 is 15.4 Å². The molecule has 11 heteroatoms. The van der Waals surface area contributed by atoms with Gasteiger partial charge in [-0.25, -0.2) is 4.98 Å². The molecule has 1 fully saturated rings. The molecule has 2 aromatic carbocycles. The van der Waals surface area contributed by atoms with Gasteiger partial charge in [0.1, 0.15) is 11.4 Å². The summed E-state index contributed by atoms with van der Waals surface area (Å²) in [4.78, 5) is 45.5. The zero-order valence-electron chi connectivity index (χ0n) is 36.3. The second-order valence-corrected chi connectivity index (χ2v) is 15.8. The fourth-order valence-electron chi connectivity index (χ4n) is 7.76. The van der Waals surface area contributed by atoms with Crippen molar-refractivity contribution in [1.29, 1.82) is 0 Å². The molecule has 58 heavy (non-hydrogen) atoms. The topological polar surface area (TPSA) is 113 Å². The number of benzene rings is 2. The molecule has 3 amide bonds. The number of carbonyl (C=O) groups is 3. The smallest absolute Gasteiger partial charge is 0.266 e. The monoisotopic (exact) mass is 813 g/mol. The Bertz CT molecular complexity index is 2000. The minimum atomic E-state index is -0.509. The van der Waals surface area contributed by atoms with E-state index < -0.39 is 11.8 Å². The molecule has 314 valence electrons. The quantitative estimate of drug-likeness (QED) is 0.165. The van der Waals surface area contributed by atoms with Crippen molar-refractivity contribution in [3.63, 3.8) is 0 Å². The summed E-state index contributed by atoms with van der Waals surface area (Å²) < 4.78 is 10.8. The van der Waals surface area contributed by atoms with Gasteiger partial charge in [-0.05, 0) is 86.1 Å². The number of amides is 3. The van der Waals surface area contributed by atoms with Crippen molar-refractivity contribution in [3.8, 4) is 28.3 Å². The Balaban J connectivity index is 0.000000392. The van der Waals surface area contributed by atoms with Crippen molar-refractivity contribution in [2.24, 2.45) is 5.92 Å². The van der Waals surface area contributed by atoms with Crippen molar-refractivity contribution >= 4 is 35.0 Å². The SMILES string of the molecule is C=C1N(CCOC)C=C(C(=O)Nc2cccc(-c3cccc(-c4cc5c(c(OC)n4)C(C)CC5)c3Cl)c2C)C(=O)N1C.CC.CCC(C)CCC1(CC)CCC(=O)N1. The molecule has 1 aromatic heterocycles. The van der Waals surface area contributed by atoms with Gasteiger partial charge in [-0.15, -0.1) is 0 Å². The number of aryl methyl sites for hydroxylation is 1. The highest BCUT2D eigenvalue weighted by atomic mass is 35.5. The molecule has 3 unspecified atom stereocenters. The predicted octanol–water partition coefficient (Wildman–Crippen LogP) is 10.0. The number of aromatic nitrogens is 1. The van der Waals surface area contributed by atoms with Crippen molar-refractivity contribution in [2.75, 3.05) is 39.7 Å². The van der Waals surface area contributed by atoms with E-state index in [-0.39, 0.29) is 17.0 Å². The Labute approximate surface area is 351 Å². The van der Waals surface area contributed by atoms with Gasteiger partial charge in [-0.3, -0.25) is 19.3 Å². The molecule has 3 aliphatic rings. The van der Waals surface area contributed by atoms with Gasteiger partial charge in [0.25, 0.3) is 11.8 Å². The van der Waals surface area contributed by atoms with E-state index in [1.165, 1.54) is 35.1 Å².